The van der Waals surface area contributed by atoms with Crippen LogP contribution in [-0.2, 0) is 9.47 Å². The second-order valence-corrected chi connectivity index (χ2v) is 10.0. The molecule has 1 amide bonds. The normalized spacial score (nSPS) is 17.6. The monoisotopic (exact) mass is 569 g/mol. The molecule has 0 radical (unpaired) electrons. The molecule has 0 unspecified atom stereocenters. The Morgan fingerprint density at radius 3 is 2.70 bits per heavy atom. The van der Waals surface area contributed by atoms with Crippen molar-refractivity contribution in [3.8, 4) is 11.4 Å². The highest BCUT2D eigenvalue weighted by molar-refractivity contribution is 7.17. The zero-order valence-corrected chi connectivity index (χ0v) is 22.8. The Hall–Kier alpha value is -2.73. The van der Waals surface area contributed by atoms with E-state index in [-0.39, 0.29) is 51.6 Å². The highest BCUT2D eigenvalue weighted by Gasteiger charge is 2.35. The smallest absolute Gasteiger partial charge is 0.350 e. The minimum atomic E-state index is -0.591. The fraction of sp³-hybridized carbons (Fsp3) is 0.417. The van der Waals surface area contributed by atoms with Gasteiger partial charge in [0.05, 0.1) is 28.8 Å². The first kappa shape index (κ1) is 27.3. The second kappa shape index (κ2) is 11.8. The first-order valence-corrected chi connectivity index (χ1v) is 13.3. The van der Waals surface area contributed by atoms with Crippen LogP contribution < -0.4 is 10.2 Å². The maximum absolute atomic E-state index is 14.5. The fourth-order valence-corrected chi connectivity index (χ4v) is 5.52. The van der Waals surface area contributed by atoms with Crippen molar-refractivity contribution in [1.82, 2.24) is 20.3 Å². The lowest BCUT2D eigenvalue weighted by Gasteiger charge is -2.38. The number of anilines is 1. The lowest BCUT2D eigenvalue weighted by molar-refractivity contribution is 0.0272. The molecule has 2 N–H and O–H groups in total. The number of ether oxygens (including phenoxy) is 2. The number of thiazole rings is 1. The number of nitrogens with one attached hydrogen (secondary N) is 2. The lowest BCUT2D eigenvalue weighted by atomic mass is 10.0. The average Bonchev–Trinajstić information content (AvgIpc) is 3.43. The highest BCUT2D eigenvalue weighted by atomic mass is 35.5. The molecule has 13 heteroatoms. The van der Waals surface area contributed by atoms with Crippen LogP contribution in [0.5, 0.6) is 0 Å². The van der Waals surface area contributed by atoms with Gasteiger partial charge >= 0.3 is 5.97 Å². The number of H-pyrrole nitrogens is 1. The summed E-state index contributed by atoms with van der Waals surface area (Å²) in [6, 6.07) is 2.43. The Bertz CT molecular complexity index is 1300. The van der Waals surface area contributed by atoms with Crippen molar-refractivity contribution in [3.05, 3.63) is 50.5 Å². The summed E-state index contributed by atoms with van der Waals surface area (Å²) in [7, 11) is 0. The van der Waals surface area contributed by atoms with E-state index < -0.39 is 11.8 Å². The third-order valence-electron chi connectivity index (χ3n) is 5.87. The molecule has 0 spiro atoms. The molecule has 4 heterocycles. The minimum absolute atomic E-state index is 0.0201. The van der Waals surface area contributed by atoms with Crippen LogP contribution in [-0.4, -0.2) is 65.3 Å². The number of pyridine rings is 1. The summed E-state index contributed by atoms with van der Waals surface area (Å²) < 4.78 is 25.7. The van der Waals surface area contributed by atoms with Gasteiger partial charge in [0.25, 0.3) is 5.91 Å². The summed E-state index contributed by atoms with van der Waals surface area (Å²) in [5, 5.41) is 3.98. The molecule has 1 aliphatic heterocycles. The van der Waals surface area contributed by atoms with Crippen LogP contribution in [0.1, 0.15) is 46.1 Å². The molecule has 0 aliphatic carbocycles. The number of esters is 1. The molecule has 1 fully saturated rings. The van der Waals surface area contributed by atoms with Crippen LogP contribution in [0, 0.1) is 12.7 Å². The van der Waals surface area contributed by atoms with Crippen LogP contribution in [0.15, 0.2) is 18.3 Å². The molecule has 0 aromatic carbocycles. The van der Waals surface area contributed by atoms with Crippen molar-refractivity contribution in [2.75, 3.05) is 31.2 Å². The summed E-state index contributed by atoms with van der Waals surface area (Å²) >= 11 is 13.4. The number of aromatic amines is 1. The average molecular weight is 570 g/mol. The predicted octanol–water partition coefficient (Wildman–Crippen LogP) is 4.88. The standard InChI is InChI=1S/C24H26Cl2FN5O4S/c1-4-35-15-11-32(10-8-14(15)30-22(33)19-17(26)16(25)12(3)29-19)24-31-20(18-13(27)7-6-9-28-18)21(37-24)23(34)36-5-2/h6-7,9,14-15,29H,4-5,8,10-11H2,1-3H3,(H,30,33)/t14-,15+/m1/s1. The van der Waals surface area contributed by atoms with Gasteiger partial charge in [0, 0.05) is 31.6 Å². The van der Waals surface area contributed by atoms with E-state index in [9.17, 15) is 14.0 Å². The van der Waals surface area contributed by atoms with Crippen LogP contribution in [0.2, 0.25) is 10.0 Å². The van der Waals surface area contributed by atoms with Gasteiger partial charge in [0.1, 0.15) is 22.0 Å². The highest BCUT2D eigenvalue weighted by Crippen LogP contribution is 2.35. The lowest BCUT2D eigenvalue weighted by Crippen LogP contribution is -2.55. The first-order valence-electron chi connectivity index (χ1n) is 11.7. The van der Waals surface area contributed by atoms with E-state index in [1.54, 1.807) is 13.8 Å². The summed E-state index contributed by atoms with van der Waals surface area (Å²) in [5.41, 5.74) is 0.916. The van der Waals surface area contributed by atoms with Gasteiger partial charge in [-0.2, -0.15) is 0 Å². The van der Waals surface area contributed by atoms with E-state index in [0.29, 0.717) is 42.0 Å². The van der Waals surface area contributed by atoms with E-state index in [2.05, 4.69) is 20.3 Å². The van der Waals surface area contributed by atoms with E-state index in [1.807, 2.05) is 11.8 Å². The Morgan fingerprint density at radius 2 is 2.05 bits per heavy atom. The van der Waals surface area contributed by atoms with Crippen molar-refractivity contribution < 1.29 is 23.5 Å². The molecule has 4 rings (SSSR count). The number of hydrogen-bond donors (Lipinski definition) is 2. The quantitative estimate of drug-likeness (QED) is 0.372. The summed E-state index contributed by atoms with van der Waals surface area (Å²) in [6.07, 6.45) is 1.60. The molecule has 3 aromatic heterocycles. The maximum Gasteiger partial charge on any atom is 0.350 e. The number of carbonyl (C=O) groups excluding carboxylic acids is 2. The fourth-order valence-electron chi connectivity index (χ4n) is 4.11. The largest absolute Gasteiger partial charge is 0.462 e. The Kier molecular flexibility index (Phi) is 8.68. The number of hydrogen-bond acceptors (Lipinski definition) is 8. The summed E-state index contributed by atoms with van der Waals surface area (Å²) in [6.45, 7) is 6.79. The molecule has 2 atom stereocenters. The Labute approximate surface area is 227 Å². The molecular formula is C24H26Cl2FN5O4S. The number of piperidine rings is 1. The maximum atomic E-state index is 14.5. The zero-order valence-electron chi connectivity index (χ0n) is 20.4. The van der Waals surface area contributed by atoms with Gasteiger partial charge < -0.3 is 24.7 Å². The molecule has 1 aliphatic rings. The number of rotatable bonds is 8. The van der Waals surface area contributed by atoms with Crippen molar-refractivity contribution in [3.63, 3.8) is 0 Å². The minimum Gasteiger partial charge on any atom is -0.462 e. The van der Waals surface area contributed by atoms with Gasteiger partial charge in [-0.25, -0.2) is 14.2 Å². The zero-order chi connectivity index (χ0) is 26.7. The molecule has 198 valence electrons. The summed E-state index contributed by atoms with van der Waals surface area (Å²) in [4.78, 5) is 39.3. The third kappa shape index (κ3) is 5.74. The number of halogens is 3. The second-order valence-electron chi connectivity index (χ2n) is 8.29. The molecular weight excluding hydrogens is 544 g/mol. The predicted molar refractivity (Wildman–Crippen MR) is 140 cm³/mol. The Balaban J connectivity index is 1.57. The SMILES string of the molecule is CCOC(=O)c1sc(N2CC[C@@H](NC(=O)c3[nH]c(C)c(Cl)c3Cl)[C@@H](OCC)C2)nc1-c1ncccc1F. The van der Waals surface area contributed by atoms with Crippen molar-refractivity contribution in [2.45, 2.75) is 39.3 Å². The molecule has 37 heavy (non-hydrogen) atoms. The van der Waals surface area contributed by atoms with Crippen LogP contribution >= 0.6 is 34.5 Å². The van der Waals surface area contributed by atoms with E-state index in [4.69, 9.17) is 32.7 Å². The van der Waals surface area contributed by atoms with Crippen molar-refractivity contribution >= 4 is 51.5 Å². The molecule has 0 saturated carbocycles. The van der Waals surface area contributed by atoms with Crippen LogP contribution in [0.3, 0.4) is 0 Å². The van der Waals surface area contributed by atoms with E-state index in [0.717, 1.165) is 11.3 Å². The molecule has 1 saturated heterocycles. The van der Waals surface area contributed by atoms with Gasteiger partial charge in [0.15, 0.2) is 10.9 Å². The van der Waals surface area contributed by atoms with Gasteiger partial charge in [-0.05, 0) is 39.3 Å². The third-order valence-corrected chi connectivity index (χ3v) is 7.91. The first-order chi connectivity index (χ1) is 17.7. The van der Waals surface area contributed by atoms with Gasteiger partial charge in [0.2, 0.25) is 0 Å². The van der Waals surface area contributed by atoms with Crippen LogP contribution in [0.4, 0.5) is 9.52 Å². The molecule has 9 nitrogen and oxygen atoms in total. The van der Waals surface area contributed by atoms with Gasteiger partial charge in [-0.1, -0.05) is 34.5 Å². The topological polar surface area (TPSA) is 109 Å². The number of carbonyl (C=O) groups is 2. The number of aromatic nitrogens is 3. The molecule has 3 aromatic rings. The van der Waals surface area contributed by atoms with Crippen molar-refractivity contribution in [2.24, 2.45) is 0 Å². The van der Waals surface area contributed by atoms with E-state index >= 15 is 0 Å². The molecule has 0 bridgehead atoms. The summed E-state index contributed by atoms with van der Waals surface area (Å²) in [5.74, 6) is -1.56. The number of amides is 1. The van der Waals surface area contributed by atoms with Crippen molar-refractivity contribution in [1.29, 1.82) is 0 Å². The van der Waals surface area contributed by atoms with Crippen LogP contribution in [0.25, 0.3) is 11.4 Å². The van der Waals surface area contributed by atoms with E-state index in [1.165, 1.54) is 18.3 Å². The number of aryl methyl sites for hydroxylation is 1. The Morgan fingerprint density at radius 1 is 1.27 bits per heavy atom. The van der Waals surface area contributed by atoms with Gasteiger partial charge in [-0.15, -0.1) is 0 Å². The number of nitrogens with zero attached hydrogens (tertiary/aromatic N) is 3. The van der Waals surface area contributed by atoms with Gasteiger partial charge in [-0.3, -0.25) is 9.78 Å².